The smallest absolute Gasteiger partial charge is 0.186 e. The number of aliphatic hydroxyl groups excluding tert-OH is 2. The molecule has 3 aliphatic heterocycles. The summed E-state index contributed by atoms with van der Waals surface area (Å²) < 4.78 is 11.2. The molecule has 3 saturated heterocycles. The van der Waals surface area contributed by atoms with Crippen LogP contribution in [0.5, 0.6) is 0 Å². The SMILES string of the molecule is CCC1OC2OCCCCCC1C(O)C2O. The Morgan fingerprint density at radius 3 is 2.69 bits per heavy atom. The van der Waals surface area contributed by atoms with Crippen molar-refractivity contribution in [2.45, 2.75) is 63.6 Å². The summed E-state index contributed by atoms with van der Waals surface area (Å²) in [7, 11) is 0. The van der Waals surface area contributed by atoms with E-state index < -0.39 is 18.5 Å². The highest BCUT2D eigenvalue weighted by Gasteiger charge is 2.43. The zero-order chi connectivity index (χ0) is 11.5. The van der Waals surface area contributed by atoms with Gasteiger partial charge in [-0.2, -0.15) is 0 Å². The summed E-state index contributed by atoms with van der Waals surface area (Å²) in [6.45, 7) is 2.65. The maximum atomic E-state index is 10.1. The molecule has 0 aliphatic carbocycles. The Kier molecular flexibility index (Phi) is 4.19. The van der Waals surface area contributed by atoms with Gasteiger partial charge in [-0.1, -0.05) is 19.8 Å². The molecule has 0 saturated carbocycles. The Bertz CT molecular complexity index is 217. The molecule has 16 heavy (non-hydrogen) atoms. The maximum Gasteiger partial charge on any atom is 0.186 e. The van der Waals surface area contributed by atoms with Crippen molar-refractivity contribution < 1.29 is 19.7 Å². The Hall–Kier alpha value is -0.160. The van der Waals surface area contributed by atoms with Crippen molar-refractivity contribution in [2.24, 2.45) is 5.92 Å². The molecule has 3 rings (SSSR count). The van der Waals surface area contributed by atoms with Crippen LogP contribution < -0.4 is 0 Å². The standard InChI is InChI=1S/C12H22O4/c1-2-9-8-6-4-3-5-7-15-12(16-9)11(14)10(8)13/h8-14H,2-7H2,1H3. The Morgan fingerprint density at radius 2 is 1.94 bits per heavy atom. The van der Waals surface area contributed by atoms with Crippen LogP contribution in [0.15, 0.2) is 0 Å². The summed E-state index contributed by atoms with van der Waals surface area (Å²) in [5.41, 5.74) is 0. The first kappa shape index (κ1) is 12.3. The quantitative estimate of drug-likeness (QED) is 0.707. The molecule has 5 atom stereocenters. The number of fused-ring (bicyclic) bond motifs is 7. The van der Waals surface area contributed by atoms with Gasteiger partial charge in [0.2, 0.25) is 0 Å². The van der Waals surface area contributed by atoms with E-state index in [2.05, 4.69) is 0 Å². The summed E-state index contributed by atoms with van der Waals surface area (Å²) >= 11 is 0. The lowest BCUT2D eigenvalue weighted by molar-refractivity contribution is -0.288. The molecule has 3 aliphatic rings. The highest BCUT2D eigenvalue weighted by Crippen LogP contribution is 2.33. The maximum absolute atomic E-state index is 10.1. The van der Waals surface area contributed by atoms with Gasteiger partial charge in [-0.3, -0.25) is 0 Å². The van der Waals surface area contributed by atoms with Gasteiger partial charge in [-0.25, -0.2) is 0 Å². The lowest BCUT2D eigenvalue weighted by atomic mass is 9.83. The van der Waals surface area contributed by atoms with Gasteiger partial charge >= 0.3 is 0 Å². The van der Waals surface area contributed by atoms with E-state index in [1.807, 2.05) is 6.92 Å². The number of rotatable bonds is 1. The zero-order valence-electron chi connectivity index (χ0n) is 9.84. The summed E-state index contributed by atoms with van der Waals surface area (Å²) in [6.07, 6.45) is 2.76. The highest BCUT2D eigenvalue weighted by atomic mass is 16.7. The van der Waals surface area contributed by atoms with E-state index in [0.29, 0.717) is 6.61 Å². The average molecular weight is 230 g/mol. The number of aliphatic hydroxyl groups is 2. The van der Waals surface area contributed by atoms with Crippen LogP contribution >= 0.6 is 0 Å². The van der Waals surface area contributed by atoms with Gasteiger partial charge in [-0.05, 0) is 19.3 Å². The molecule has 3 heterocycles. The first-order chi connectivity index (χ1) is 7.74. The predicted molar refractivity (Wildman–Crippen MR) is 58.9 cm³/mol. The predicted octanol–water partition coefficient (Wildman–Crippen LogP) is 1.05. The van der Waals surface area contributed by atoms with Gasteiger partial charge in [0.15, 0.2) is 6.29 Å². The lowest BCUT2D eigenvalue weighted by Crippen LogP contribution is -2.55. The molecule has 0 aromatic carbocycles. The van der Waals surface area contributed by atoms with Gasteiger partial charge in [0, 0.05) is 12.5 Å². The van der Waals surface area contributed by atoms with Crippen LogP contribution in [0.25, 0.3) is 0 Å². The van der Waals surface area contributed by atoms with Crippen molar-refractivity contribution in [3.8, 4) is 0 Å². The van der Waals surface area contributed by atoms with Crippen LogP contribution in [-0.4, -0.2) is 41.4 Å². The fourth-order valence-electron chi connectivity index (χ4n) is 2.74. The third kappa shape index (κ3) is 2.40. The van der Waals surface area contributed by atoms with E-state index in [4.69, 9.17) is 9.47 Å². The van der Waals surface area contributed by atoms with Crippen LogP contribution in [0.4, 0.5) is 0 Å². The molecule has 0 spiro atoms. The fraction of sp³-hybridized carbons (Fsp3) is 1.00. The molecule has 2 bridgehead atoms. The molecular formula is C12H22O4. The van der Waals surface area contributed by atoms with E-state index in [9.17, 15) is 10.2 Å². The lowest BCUT2D eigenvalue weighted by Gasteiger charge is -2.43. The van der Waals surface area contributed by atoms with E-state index in [0.717, 1.165) is 32.1 Å². The minimum absolute atomic E-state index is 0.0153. The van der Waals surface area contributed by atoms with E-state index in [1.165, 1.54) is 0 Å². The Balaban J connectivity index is 2.12. The Morgan fingerprint density at radius 1 is 1.12 bits per heavy atom. The average Bonchev–Trinajstić information content (AvgIpc) is 2.31. The summed E-state index contributed by atoms with van der Waals surface area (Å²) in [5, 5.41) is 20.0. The normalized spacial score (nSPS) is 45.6. The first-order valence-electron chi connectivity index (χ1n) is 6.37. The summed E-state index contributed by atoms with van der Waals surface area (Å²) in [6, 6.07) is 0. The molecular weight excluding hydrogens is 208 g/mol. The second kappa shape index (κ2) is 5.45. The highest BCUT2D eigenvalue weighted by molar-refractivity contribution is 4.89. The second-order valence-electron chi connectivity index (χ2n) is 4.82. The Labute approximate surface area is 96.6 Å². The van der Waals surface area contributed by atoms with Gasteiger partial charge in [0.05, 0.1) is 12.2 Å². The third-order valence-corrected chi connectivity index (χ3v) is 3.72. The van der Waals surface area contributed by atoms with Crippen molar-refractivity contribution in [3.05, 3.63) is 0 Å². The molecule has 94 valence electrons. The van der Waals surface area contributed by atoms with Crippen molar-refractivity contribution in [2.75, 3.05) is 6.61 Å². The minimum atomic E-state index is -0.897. The van der Waals surface area contributed by atoms with Crippen LogP contribution in [0.2, 0.25) is 0 Å². The number of hydrogen-bond donors (Lipinski definition) is 2. The fourth-order valence-corrected chi connectivity index (χ4v) is 2.74. The summed E-state index contributed by atoms with van der Waals surface area (Å²) in [4.78, 5) is 0. The van der Waals surface area contributed by atoms with Crippen LogP contribution in [0.1, 0.15) is 39.0 Å². The monoisotopic (exact) mass is 230 g/mol. The molecule has 2 N–H and O–H groups in total. The molecule has 0 radical (unpaired) electrons. The van der Waals surface area contributed by atoms with E-state index in [-0.39, 0.29) is 12.0 Å². The van der Waals surface area contributed by atoms with Crippen molar-refractivity contribution in [1.82, 2.24) is 0 Å². The van der Waals surface area contributed by atoms with Gasteiger partial charge in [0.25, 0.3) is 0 Å². The van der Waals surface area contributed by atoms with E-state index in [1.54, 1.807) is 0 Å². The largest absolute Gasteiger partial charge is 0.390 e. The topological polar surface area (TPSA) is 58.9 Å². The molecule has 5 unspecified atom stereocenters. The van der Waals surface area contributed by atoms with Crippen molar-refractivity contribution in [3.63, 3.8) is 0 Å². The van der Waals surface area contributed by atoms with Gasteiger partial charge in [0.1, 0.15) is 6.10 Å². The van der Waals surface area contributed by atoms with Crippen LogP contribution in [0, 0.1) is 5.92 Å². The number of ether oxygens (including phenoxy) is 2. The molecule has 0 aromatic rings. The van der Waals surface area contributed by atoms with Crippen LogP contribution in [-0.2, 0) is 9.47 Å². The molecule has 0 aromatic heterocycles. The van der Waals surface area contributed by atoms with Crippen LogP contribution in [0.3, 0.4) is 0 Å². The van der Waals surface area contributed by atoms with Crippen molar-refractivity contribution >= 4 is 0 Å². The second-order valence-corrected chi connectivity index (χ2v) is 4.82. The zero-order valence-corrected chi connectivity index (χ0v) is 9.84. The number of hydrogen-bond acceptors (Lipinski definition) is 4. The minimum Gasteiger partial charge on any atom is -0.390 e. The summed E-state index contributed by atoms with van der Waals surface area (Å²) in [5.74, 6) is 0.0537. The van der Waals surface area contributed by atoms with E-state index >= 15 is 0 Å². The molecule has 3 fully saturated rings. The molecule has 4 nitrogen and oxygen atoms in total. The van der Waals surface area contributed by atoms with Crippen molar-refractivity contribution in [1.29, 1.82) is 0 Å². The van der Waals surface area contributed by atoms with Gasteiger partial charge < -0.3 is 19.7 Å². The molecule has 0 amide bonds. The first-order valence-corrected chi connectivity index (χ1v) is 6.37. The third-order valence-electron chi connectivity index (χ3n) is 3.72. The van der Waals surface area contributed by atoms with Gasteiger partial charge in [-0.15, -0.1) is 0 Å². The molecule has 4 heteroatoms.